The number of hydrogen-bond donors (Lipinski definition) is 11. The number of aliphatic hydroxyl groups is 8. The number of carbonyl (C=O) groups excluding carboxylic acids is 2. The van der Waals surface area contributed by atoms with E-state index in [1.807, 2.05) is 0 Å². The molecule has 0 aliphatic carbocycles. The Morgan fingerprint density at radius 3 is 1.90 bits per heavy atom. The number of aliphatic hydroxyl groups excluding tert-OH is 8. The van der Waals surface area contributed by atoms with Crippen molar-refractivity contribution in [1.82, 2.24) is 0 Å². The van der Waals surface area contributed by atoms with Crippen LogP contribution in [0.2, 0.25) is 0 Å². The number of ether oxygens (including phenoxy) is 6. The number of hydrogen-bond acceptors (Lipinski definition) is 19. The molecule has 0 spiro atoms. The lowest BCUT2D eigenvalue weighted by atomic mass is 9.89. The van der Waals surface area contributed by atoms with Crippen LogP contribution in [0.25, 0.3) is 0 Å². The van der Waals surface area contributed by atoms with Crippen LogP contribution >= 0.6 is 0 Å². The van der Waals surface area contributed by atoms with Gasteiger partial charge in [0, 0.05) is 6.42 Å². The maximum absolute atomic E-state index is 13.2. The fourth-order valence-corrected chi connectivity index (χ4v) is 4.74. The number of carbonyl (C=O) groups is 2. The van der Waals surface area contributed by atoms with Gasteiger partial charge in [0.05, 0.1) is 37.9 Å². The van der Waals surface area contributed by atoms with Gasteiger partial charge in [-0.15, -0.1) is 0 Å². The van der Waals surface area contributed by atoms with E-state index in [2.05, 4.69) is 0 Å². The minimum Gasteiger partial charge on any atom is -0.394 e. The normalized spacial score (nSPS) is 47.1. The van der Waals surface area contributed by atoms with Crippen molar-refractivity contribution >= 4 is 11.9 Å². The lowest BCUT2D eigenvalue weighted by molar-refractivity contribution is -0.372. The molecule has 3 heterocycles. The van der Waals surface area contributed by atoms with Crippen LogP contribution < -0.4 is 17.2 Å². The second-order valence-corrected chi connectivity index (χ2v) is 9.92. The molecule has 41 heavy (non-hydrogen) atoms. The van der Waals surface area contributed by atoms with E-state index in [1.54, 1.807) is 0 Å². The number of rotatable bonds is 9. The van der Waals surface area contributed by atoms with Crippen molar-refractivity contribution in [1.29, 1.82) is 0 Å². The molecule has 15 atom stereocenters. The van der Waals surface area contributed by atoms with Crippen LogP contribution in [0.5, 0.6) is 0 Å². The third kappa shape index (κ3) is 6.55. The van der Waals surface area contributed by atoms with Crippen LogP contribution in [-0.4, -0.2) is 164 Å². The predicted octanol–water partition coefficient (Wildman–Crippen LogP) is -7.82. The third-order valence-electron chi connectivity index (χ3n) is 7.25. The van der Waals surface area contributed by atoms with Gasteiger partial charge in [-0.25, -0.2) is 4.79 Å². The van der Waals surface area contributed by atoms with Gasteiger partial charge in [-0.3, -0.25) is 4.79 Å². The number of esters is 2. The average molecular weight is 602 g/mol. The first-order valence-corrected chi connectivity index (χ1v) is 12.8. The zero-order chi connectivity index (χ0) is 30.8. The standard InChI is InChI=1S/C22H39N3O16/c1-2-9(29)38-21(35)22(18(25)15(33)12(30)6(3-26)40-22)41-17-8(5-28)37-20(11(24)14(17)32)39-16-7(4-27)36-19(34)10(23)13(16)31/h6-8,10-20,26-28,30-34H,2-5,23-25H2,1H3/t6-,7-,8-,10-,11-,12-,13-,14-,15+,16?,17?,18-,19-,20+,22+/m1/s1. The first kappa shape index (κ1) is 34.0. The highest BCUT2D eigenvalue weighted by molar-refractivity contribution is 5.90. The minimum absolute atomic E-state index is 0.282. The molecule has 3 saturated heterocycles. The third-order valence-corrected chi connectivity index (χ3v) is 7.25. The Morgan fingerprint density at radius 1 is 0.780 bits per heavy atom. The van der Waals surface area contributed by atoms with Gasteiger partial charge in [-0.1, -0.05) is 6.92 Å². The van der Waals surface area contributed by atoms with E-state index in [-0.39, 0.29) is 6.42 Å². The molecule has 0 radical (unpaired) electrons. The lowest BCUT2D eigenvalue weighted by Crippen LogP contribution is -2.75. The van der Waals surface area contributed by atoms with E-state index in [0.717, 1.165) is 0 Å². The van der Waals surface area contributed by atoms with E-state index < -0.39 is 123 Å². The Morgan fingerprint density at radius 2 is 1.34 bits per heavy atom. The van der Waals surface area contributed by atoms with Crippen molar-refractivity contribution in [2.24, 2.45) is 17.2 Å². The summed E-state index contributed by atoms with van der Waals surface area (Å²) in [5, 5.41) is 81.5. The zero-order valence-corrected chi connectivity index (χ0v) is 22.0. The summed E-state index contributed by atoms with van der Waals surface area (Å²) in [5.74, 6) is -5.60. The first-order valence-electron chi connectivity index (χ1n) is 12.8. The fourth-order valence-electron chi connectivity index (χ4n) is 4.74. The van der Waals surface area contributed by atoms with Crippen molar-refractivity contribution < 1.29 is 78.9 Å². The SMILES string of the molecule is CCC(=O)OC(=O)[C@]1(OC2[C@@H](CO)O[C@@H](OC3[C@@H](CO)O[C@@H](O)[C@H](N)[C@H]3O)[C@H](N)[C@H]2O)O[C@H](CO)[C@@H](O)[C@H](O)[C@H]1N. The molecule has 3 aliphatic rings. The largest absolute Gasteiger partial charge is 0.394 e. The summed E-state index contributed by atoms with van der Waals surface area (Å²) in [5.41, 5.74) is 17.8. The maximum Gasteiger partial charge on any atom is 0.376 e. The van der Waals surface area contributed by atoms with Gasteiger partial charge in [0.15, 0.2) is 12.6 Å². The van der Waals surface area contributed by atoms with E-state index in [0.29, 0.717) is 0 Å². The molecule has 19 nitrogen and oxygen atoms in total. The molecule has 0 aromatic carbocycles. The number of nitrogens with two attached hydrogens (primary N) is 3. The molecule has 0 saturated carbocycles. The maximum atomic E-state index is 13.2. The molecular weight excluding hydrogens is 562 g/mol. The van der Waals surface area contributed by atoms with Crippen LogP contribution in [0.4, 0.5) is 0 Å². The lowest BCUT2D eigenvalue weighted by Gasteiger charge is -2.51. The van der Waals surface area contributed by atoms with Gasteiger partial charge in [0.25, 0.3) is 5.79 Å². The average Bonchev–Trinajstić information content (AvgIpc) is 2.96. The molecule has 19 heteroatoms. The summed E-state index contributed by atoms with van der Waals surface area (Å²) in [6.07, 6.45) is -18.7. The van der Waals surface area contributed by atoms with Gasteiger partial charge in [-0.05, 0) is 0 Å². The van der Waals surface area contributed by atoms with Crippen molar-refractivity contribution in [2.45, 2.75) is 105 Å². The van der Waals surface area contributed by atoms with Crippen molar-refractivity contribution in [3.05, 3.63) is 0 Å². The van der Waals surface area contributed by atoms with E-state index in [9.17, 15) is 50.4 Å². The van der Waals surface area contributed by atoms with Crippen molar-refractivity contribution in [2.75, 3.05) is 19.8 Å². The summed E-state index contributed by atoms with van der Waals surface area (Å²) >= 11 is 0. The Labute approximate surface area is 233 Å². The van der Waals surface area contributed by atoms with Crippen molar-refractivity contribution in [3.63, 3.8) is 0 Å². The molecule has 2 unspecified atom stereocenters. The molecule has 3 aliphatic heterocycles. The Hall–Kier alpha value is -1.50. The Balaban J connectivity index is 1.91. The van der Waals surface area contributed by atoms with Gasteiger partial charge in [-0.2, -0.15) is 0 Å². The van der Waals surface area contributed by atoms with Crippen LogP contribution in [0.15, 0.2) is 0 Å². The summed E-state index contributed by atoms with van der Waals surface area (Å²) in [6.45, 7) is -1.25. The van der Waals surface area contributed by atoms with E-state index in [4.69, 9.17) is 45.6 Å². The second kappa shape index (κ2) is 13.9. The molecule has 0 amide bonds. The van der Waals surface area contributed by atoms with Gasteiger partial charge in [0.2, 0.25) is 0 Å². The molecule has 0 aromatic rings. The minimum atomic E-state index is -2.94. The summed E-state index contributed by atoms with van der Waals surface area (Å²) in [7, 11) is 0. The highest BCUT2D eigenvalue weighted by Crippen LogP contribution is 2.37. The molecule has 0 aromatic heterocycles. The molecule has 14 N–H and O–H groups in total. The Bertz CT molecular complexity index is 897. The highest BCUT2D eigenvalue weighted by atomic mass is 16.8. The predicted molar refractivity (Wildman–Crippen MR) is 127 cm³/mol. The molecule has 238 valence electrons. The van der Waals surface area contributed by atoms with Gasteiger partial charge >= 0.3 is 11.9 Å². The topological polar surface area (TPSA) is 329 Å². The zero-order valence-electron chi connectivity index (χ0n) is 22.0. The first-order chi connectivity index (χ1) is 19.3. The van der Waals surface area contributed by atoms with Gasteiger partial charge in [0.1, 0.15) is 54.9 Å². The van der Waals surface area contributed by atoms with E-state index >= 15 is 0 Å². The van der Waals surface area contributed by atoms with Crippen LogP contribution in [0.1, 0.15) is 13.3 Å². The van der Waals surface area contributed by atoms with E-state index in [1.165, 1.54) is 6.92 Å². The second-order valence-electron chi connectivity index (χ2n) is 9.92. The van der Waals surface area contributed by atoms with Crippen molar-refractivity contribution in [3.8, 4) is 0 Å². The summed E-state index contributed by atoms with van der Waals surface area (Å²) in [6, 6.07) is -4.91. The summed E-state index contributed by atoms with van der Waals surface area (Å²) in [4.78, 5) is 25.1. The smallest absolute Gasteiger partial charge is 0.376 e. The van der Waals surface area contributed by atoms with Crippen LogP contribution in [0, 0.1) is 0 Å². The molecular formula is C22H39N3O16. The van der Waals surface area contributed by atoms with Crippen LogP contribution in [0.3, 0.4) is 0 Å². The van der Waals surface area contributed by atoms with Crippen LogP contribution in [-0.2, 0) is 38.0 Å². The summed E-state index contributed by atoms with van der Waals surface area (Å²) < 4.78 is 32.3. The quantitative estimate of drug-likeness (QED) is 0.0863. The Kier molecular flexibility index (Phi) is 11.5. The van der Waals surface area contributed by atoms with Gasteiger partial charge < -0.3 is 86.5 Å². The highest BCUT2D eigenvalue weighted by Gasteiger charge is 2.63. The fraction of sp³-hybridized carbons (Fsp3) is 0.909. The molecule has 3 fully saturated rings. The molecule has 3 rings (SSSR count). The monoisotopic (exact) mass is 601 g/mol. The molecule has 0 bridgehead atoms.